The van der Waals surface area contributed by atoms with Crippen molar-refractivity contribution in [2.45, 2.75) is 6.54 Å². The Balaban J connectivity index is 1.48. The van der Waals surface area contributed by atoms with Gasteiger partial charge in [-0.3, -0.25) is 4.90 Å². The molecule has 0 aliphatic carbocycles. The number of morpholine rings is 1. The van der Waals surface area contributed by atoms with Gasteiger partial charge in [-0.2, -0.15) is 0 Å². The summed E-state index contributed by atoms with van der Waals surface area (Å²) in [7, 11) is 0. The van der Waals surface area contributed by atoms with E-state index in [4.69, 9.17) is 20.4 Å². The van der Waals surface area contributed by atoms with Crippen LogP contribution in [0.4, 0.5) is 11.6 Å². The van der Waals surface area contributed by atoms with Crippen molar-refractivity contribution in [3.63, 3.8) is 0 Å². The molecule has 170 valence electrons. The molecule has 0 bridgehead atoms. The van der Waals surface area contributed by atoms with Crippen LogP contribution in [-0.2, 0) is 11.3 Å². The van der Waals surface area contributed by atoms with Crippen molar-refractivity contribution in [3.05, 3.63) is 41.4 Å². The zero-order valence-electron chi connectivity index (χ0n) is 18.5. The number of hydrogen-bond donors (Lipinski definition) is 2. The molecule has 9 heteroatoms. The number of anilines is 2. The maximum Gasteiger partial charge on any atom is 0.164 e. The quantitative estimate of drug-likeness (QED) is 0.479. The van der Waals surface area contributed by atoms with E-state index < -0.39 is 0 Å². The molecule has 3 aromatic heterocycles. The van der Waals surface area contributed by atoms with Crippen molar-refractivity contribution in [2.24, 2.45) is 0 Å². The van der Waals surface area contributed by atoms with Gasteiger partial charge in [-0.25, -0.2) is 15.0 Å². The summed E-state index contributed by atoms with van der Waals surface area (Å²) >= 11 is 1.82. The number of ether oxygens (including phenoxy) is 1. The standard InChI is InChI=1S/C24H27N7OS/c25-22-18-4-2-1-3-17(18)19(14-27-22)23-28-20-13-16(15-30-7-5-26-6-8-30)33-21(20)24(29-23)31-9-11-32-12-10-31/h1-4,13-14,26H,5-12,15H2,(H2,25,27). The highest BCUT2D eigenvalue weighted by Gasteiger charge is 2.22. The van der Waals surface area contributed by atoms with Gasteiger partial charge in [0.1, 0.15) is 5.82 Å². The SMILES string of the molecule is Nc1ncc(-c2nc(N3CCOCC3)c3sc(CN4CCNCC4)cc3n2)c2ccccc12. The van der Waals surface area contributed by atoms with Crippen molar-refractivity contribution in [3.8, 4) is 11.4 Å². The second kappa shape index (κ2) is 8.83. The largest absolute Gasteiger partial charge is 0.383 e. The molecule has 2 fully saturated rings. The summed E-state index contributed by atoms with van der Waals surface area (Å²) in [5.41, 5.74) is 8.06. The average Bonchev–Trinajstić information content (AvgIpc) is 3.27. The molecule has 2 aliphatic heterocycles. The van der Waals surface area contributed by atoms with E-state index in [-0.39, 0.29) is 0 Å². The molecule has 0 atom stereocenters. The monoisotopic (exact) mass is 461 g/mol. The molecule has 2 saturated heterocycles. The van der Waals surface area contributed by atoms with Crippen molar-refractivity contribution in [1.82, 2.24) is 25.2 Å². The van der Waals surface area contributed by atoms with Crippen LogP contribution < -0.4 is 16.0 Å². The lowest BCUT2D eigenvalue weighted by Gasteiger charge is -2.28. The number of pyridine rings is 1. The molecular weight excluding hydrogens is 434 g/mol. The van der Waals surface area contributed by atoms with Crippen molar-refractivity contribution < 1.29 is 4.74 Å². The van der Waals surface area contributed by atoms with Gasteiger partial charge in [0.2, 0.25) is 0 Å². The Morgan fingerprint density at radius 1 is 1.03 bits per heavy atom. The molecule has 5 heterocycles. The number of rotatable bonds is 4. The molecule has 2 aliphatic rings. The molecule has 0 spiro atoms. The van der Waals surface area contributed by atoms with Crippen LogP contribution >= 0.6 is 11.3 Å². The predicted octanol–water partition coefficient (Wildman–Crippen LogP) is 2.73. The minimum atomic E-state index is 0.526. The summed E-state index contributed by atoms with van der Waals surface area (Å²) < 4.78 is 6.76. The molecule has 0 unspecified atom stereocenters. The van der Waals surface area contributed by atoms with Crippen LogP contribution in [-0.4, -0.2) is 72.3 Å². The third-order valence-electron chi connectivity index (χ3n) is 6.37. The molecule has 0 amide bonds. The van der Waals surface area contributed by atoms with Gasteiger partial charge >= 0.3 is 0 Å². The molecule has 3 N–H and O–H groups in total. The first-order valence-electron chi connectivity index (χ1n) is 11.5. The summed E-state index contributed by atoms with van der Waals surface area (Å²) in [5.74, 6) is 2.22. The van der Waals surface area contributed by atoms with E-state index in [9.17, 15) is 0 Å². The minimum Gasteiger partial charge on any atom is -0.383 e. The Bertz CT molecular complexity index is 1290. The number of nitrogen functional groups attached to an aromatic ring is 1. The highest BCUT2D eigenvalue weighted by Crippen LogP contribution is 2.36. The van der Waals surface area contributed by atoms with Crippen molar-refractivity contribution >= 4 is 44.0 Å². The van der Waals surface area contributed by atoms with E-state index in [2.05, 4.69) is 32.2 Å². The number of piperazine rings is 1. The van der Waals surface area contributed by atoms with Crippen LogP contribution in [0.3, 0.4) is 0 Å². The fourth-order valence-corrected chi connectivity index (χ4v) is 5.79. The Labute approximate surface area is 196 Å². The number of thiophene rings is 1. The number of fused-ring (bicyclic) bond motifs is 2. The van der Waals surface area contributed by atoms with E-state index in [1.807, 2.05) is 29.5 Å². The van der Waals surface area contributed by atoms with Crippen LogP contribution in [0.1, 0.15) is 4.88 Å². The van der Waals surface area contributed by atoms with Gasteiger partial charge in [0.15, 0.2) is 11.6 Å². The zero-order valence-corrected chi connectivity index (χ0v) is 19.3. The smallest absolute Gasteiger partial charge is 0.164 e. The van der Waals surface area contributed by atoms with Crippen LogP contribution in [0.15, 0.2) is 36.5 Å². The predicted molar refractivity (Wildman–Crippen MR) is 134 cm³/mol. The Morgan fingerprint density at radius 3 is 2.64 bits per heavy atom. The summed E-state index contributed by atoms with van der Waals surface area (Å²) in [5, 5.41) is 5.38. The normalized spacial score (nSPS) is 17.8. The highest BCUT2D eigenvalue weighted by molar-refractivity contribution is 7.19. The topological polar surface area (TPSA) is 92.4 Å². The maximum atomic E-state index is 6.15. The van der Waals surface area contributed by atoms with Gasteiger partial charge in [0, 0.05) is 67.8 Å². The molecule has 6 rings (SSSR count). The number of hydrogen-bond acceptors (Lipinski definition) is 9. The zero-order chi connectivity index (χ0) is 22.2. The van der Waals surface area contributed by atoms with E-state index in [0.29, 0.717) is 24.9 Å². The van der Waals surface area contributed by atoms with Gasteiger partial charge in [-0.05, 0) is 11.5 Å². The average molecular weight is 462 g/mol. The number of nitrogens with zero attached hydrogens (tertiary/aromatic N) is 5. The molecule has 1 aromatic carbocycles. The Hall–Kier alpha value is -2.85. The minimum absolute atomic E-state index is 0.526. The number of benzene rings is 1. The fourth-order valence-electron chi connectivity index (χ4n) is 4.63. The summed E-state index contributed by atoms with van der Waals surface area (Å²) in [6.07, 6.45) is 1.80. The molecule has 8 nitrogen and oxygen atoms in total. The summed E-state index contributed by atoms with van der Waals surface area (Å²) in [6.45, 7) is 8.28. The van der Waals surface area contributed by atoms with E-state index in [0.717, 1.165) is 78.2 Å². The lowest BCUT2D eigenvalue weighted by Crippen LogP contribution is -2.42. The van der Waals surface area contributed by atoms with Crippen LogP contribution in [0.5, 0.6) is 0 Å². The Kier molecular flexibility index (Phi) is 5.55. The summed E-state index contributed by atoms with van der Waals surface area (Å²) in [4.78, 5) is 20.7. The van der Waals surface area contributed by atoms with Crippen LogP contribution in [0.25, 0.3) is 32.4 Å². The van der Waals surface area contributed by atoms with Crippen LogP contribution in [0, 0.1) is 0 Å². The van der Waals surface area contributed by atoms with Crippen LogP contribution in [0.2, 0.25) is 0 Å². The molecular formula is C24H27N7OS. The third kappa shape index (κ3) is 4.02. The van der Waals surface area contributed by atoms with Gasteiger partial charge < -0.3 is 20.7 Å². The number of nitrogens with two attached hydrogens (primary N) is 1. The van der Waals surface area contributed by atoms with Gasteiger partial charge in [-0.15, -0.1) is 11.3 Å². The second-order valence-electron chi connectivity index (χ2n) is 8.53. The van der Waals surface area contributed by atoms with Gasteiger partial charge in [0.25, 0.3) is 0 Å². The Morgan fingerprint density at radius 2 is 1.82 bits per heavy atom. The number of aromatic nitrogens is 3. The summed E-state index contributed by atoms with van der Waals surface area (Å²) in [6, 6.07) is 10.3. The van der Waals surface area contributed by atoms with Crippen molar-refractivity contribution in [2.75, 3.05) is 63.1 Å². The molecule has 33 heavy (non-hydrogen) atoms. The molecule has 4 aromatic rings. The van der Waals surface area contributed by atoms with E-state index in [1.54, 1.807) is 6.20 Å². The van der Waals surface area contributed by atoms with Gasteiger partial charge in [0.05, 0.1) is 23.4 Å². The van der Waals surface area contributed by atoms with Crippen molar-refractivity contribution in [1.29, 1.82) is 0 Å². The van der Waals surface area contributed by atoms with E-state index in [1.165, 1.54) is 4.88 Å². The second-order valence-corrected chi connectivity index (χ2v) is 9.66. The third-order valence-corrected chi connectivity index (χ3v) is 7.48. The van der Waals surface area contributed by atoms with E-state index >= 15 is 0 Å². The maximum absolute atomic E-state index is 6.15. The van der Waals surface area contributed by atoms with Gasteiger partial charge in [-0.1, -0.05) is 24.3 Å². The first kappa shape index (κ1) is 20.7. The lowest BCUT2D eigenvalue weighted by atomic mass is 10.1. The fraction of sp³-hybridized carbons (Fsp3) is 0.375. The lowest BCUT2D eigenvalue weighted by molar-refractivity contribution is 0.122. The highest BCUT2D eigenvalue weighted by atomic mass is 32.1. The number of nitrogens with one attached hydrogen (secondary N) is 1. The molecule has 0 radical (unpaired) electrons. The first-order valence-corrected chi connectivity index (χ1v) is 12.3. The molecule has 0 saturated carbocycles. The first-order chi connectivity index (χ1) is 16.3.